The molecule has 0 saturated carbocycles. The van der Waals surface area contributed by atoms with Crippen molar-refractivity contribution < 1.29 is 83.9 Å². The molecular formula is C20H31F3N3O13+. The average Bonchev–Trinajstić information content (AvgIpc) is 3.42. The lowest BCUT2D eigenvalue weighted by Crippen LogP contribution is -2.42. The molecule has 2 aliphatic heterocycles. The number of carboxylic acid groups (broad SMARTS) is 1. The number of hydrogen-bond acceptors (Lipinski definition) is 14. The van der Waals surface area contributed by atoms with E-state index >= 15 is 0 Å². The molecule has 2 atom stereocenters. The van der Waals surface area contributed by atoms with Crippen LogP contribution in [-0.2, 0) is 31.1 Å². The van der Waals surface area contributed by atoms with Gasteiger partial charge in [0.05, 0.1) is 11.1 Å². The Morgan fingerprint density at radius 2 is 1.64 bits per heavy atom. The number of aliphatic hydroxyl groups is 6. The summed E-state index contributed by atoms with van der Waals surface area (Å²) in [5, 5.41) is 73.0. The summed E-state index contributed by atoms with van der Waals surface area (Å²) in [7, 11) is 0. The number of nitrogens with two attached hydrogens (primary N) is 1. The Morgan fingerprint density at radius 1 is 1.13 bits per heavy atom. The Kier molecular flexibility index (Phi) is 14.4. The monoisotopic (exact) mass is 578 g/mol. The standard InChI is InChI=1S/C15H16F3NO10.C4H9N.CH2O2.H4NO/c1-5(29-19)27-12(20)8-3-6-2-7(14(21,22)23)4-9(15(24,25)26)10(6)28-11(8)13(16,17)18;1-2-4-5-3-1;2-1-3;1-2/h2-5,11,21-26H,19H2,1H3;5H,1-4H2;1H,(H,2,3);2H,1H3/q;;;+1. The molecule has 224 valence electrons. The molecule has 3 rings (SSSR count). The molecule has 0 radical (unpaired) electrons. The van der Waals surface area contributed by atoms with Crippen LogP contribution in [0, 0.1) is 0 Å². The van der Waals surface area contributed by atoms with E-state index in [9.17, 15) is 48.6 Å². The Hall–Kier alpha value is -2.95. The minimum Gasteiger partial charge on any atom is -0.483 e. The highest BCUT2D eigenvalue weighted by molar-refractivity contribution is 5.96. The largest absolute Gasteiger partial charge is 0.483 e. The van der Waals surface area contributed by atoms with Crippen molar-refractivity contribution in [2.75, 3.05) is 13.1 Å². The van der Waals surface area contributed by atoms with Crippen LogP contribution in [0.15, 0.2) is 17.7 Å². The SMILES string of the molecule is C1CCNC1.CC(ON)OC(=O)C1=Cc2cc(C(O)(O)O)cc(C(O)(O)O)c2OC1C(F)(F)F.O=CO.[NH3+]O. The van der Waals surface area contributed by atoms with Gasteiger partial charge in [0.15, 0.2) is 0 Å². The molecule has 2 aliphatic rings. The van der Waals surface area contributed by atoms with Gasteiger partial charge in [0.1, 0.15) is 5.75 Å². The smallest absolute Gasteiger partial charge is 0.430 e. The molecule has 16 nitrogen and oxygen atoms in total. The second kappa shape index (κ2) is 15.6. The third kappa shape index (κ3) is 11.4. The Morgan fingerprint density at radius 3 is 2.00 bits per heavy atom. The van der Waals surface area contributed by atoms with Crippen LogP contribution in [0.4, 0.5) is 13.2 Å². The van der Waals surface area contributed by atoms with Crippen molar-refractivity contribution in [3.05, 3.63) is 34.4 Å². The summed E-state index contributed by atoms with van der Waals surface area (Å²) < 4.78 is 49.5. The van der Waals surface area contributed by atoms with Crippen LogP contribution < -0.4 is 21.8 Å². The van der Waals surface area contributed by atoms with Gasteiger partial charge in [0.2, 0.25) is 12.4 Å². The maximum Gasteiger partial charge on any atom is 0.430 e. The van der Waals surface area contributed by atoms with Crippen LogP contribution in [0.2, 0.25) is 0 Å². The van der Waals surface area contributed by atoms with Gasteiger partial charge in [-0.15, -0.1) is 0 Å². The summed E-state index contributed by atoms with van der Waals surface area (Å²) in [6.45, 7) is 3.35. The van der Waals surface area contributed by atoms with Crippen molar-refractivity contribution in [1.29, 1.82) is 0 Å². The van der Waals surface area contributed by atoms with Crippen LogP contribution in [-0.4, -0.2) is 85.1 Å². The predicted molar refractivity (Wildman–Crippen MR) is 118 cm³/mol. The summed E-state index contributed by atoms with van der Waals surface area (Å²) >= 11 is 0. The van der Waals surface area contributed by atoms with Crippen LogP contribution in [0.3, 0.4) is 0 Å². The molecule has 0 aromatic heterocycles. The zero-order valence-electron chi connectivity index (χ0n) is 20.3. The van der Waals surface area contributed by atoms with Crippen molar-refractivity contribution in [2.24, 2.45) is 5.90 Å². The molecule has 14 N–H and O–H groups in total. The van der Waals surface area contributed by atoms with Crippen molar-refractivity contribution in [2.45, 2.75) is 50.3 Å². The van der Waals surface area contributed by atoms with Gasteiger partial charge in [-0.3, -0.25) is 9.63 Å². The third-order valence-electron chi connectivity index (χ3n) is 4.65. The van der Waals surface area contributed by atoms with Crippen molar-refractivity contribution in [3.63, 3.8) is 0 Å². The van der Waals surface area contributed by atoms with E-state index in [2.05, 4.69) is 25.5 Å². The summed E-state index contributed by atoms with van der Waals surface area (Å²) in [4.78, 5) is 24.6. The summed E-state index contributed by atoms with van der Waals surface area (Å²) in [5.74, 6) is -2.93. The summed E-state index contributed by atoms with van der Waals surface area (Å²) in [6.07, 6.45) is -6.32. The number of benzene rings is 1. The first-order chi connectivity index (χ1) is 18.0. The van der Waals surface area contributed by atoms with E-state index in [4.69, 9.17) is 21.0 Å². The number of fused-ring (bicyclic) bond motifs is 1. The Balaban J connectivity index is 0.00000123. The third-order valence-corrected chi connectivity index (χ3v) is 4.65. The molecule has 2 unspecified atom stereocenters. The number of quaternary nitrogens is 1. The highest BCUT2D eigenvalue weighted by Crippen LogP contribution is 2.43. The topological polar surface area (TPSA) is 289 Å². The normalized spacial score (nSPS) is 17.3. The molecule has 1 saturated heterocycles. The number of nitrogens with one attached hydrogen (secondary N) is 1. The van der Waals surface area contributed by atoms with Gasteiger partial charge < -0.3 is 50.5 Å². The molecule has 19 heteroatoms. The van der Waals surface area contributed by atoms with Gasteiger partial charge in [0, 0.05) is 11.1 Å². The first-order valence-electron chi connectivity index (χ1n) is 10.6. The van der Waals surface area contributed by atoms with Gasteiger partial charge in [-0.1, -0.05) is 0 Å². The second-order valence-corrected chi connectivity index (χ2v) is 7.52. The van der Waals surface area contributed by atoms with Crippen molar-refractivity contribution in [3.8, 4) is 5.75 Å². The Labute approximate surface area is 218 Å². The summed E-state index contributed by atoms with van der Waals surface area (Å²) in [5.41, 5.74) is -3.78. The molecule has 0 aliphatic carbocycles. The number of ether oxygens (including phenoxy) is 2. The maximum absolute atomic E-state index is 13.4. The molecule has 1 aromatic rings. The van der Waals surface area contributed by atoms with Crippen molar-refractivity contribution >= 4 is 18.5 Å². The van der Waals surface area contributed by atoms with Gasteiger partial charge in [-0.25, -0.2) is 21.8 Å². The zero-order valence-corrected chi connectivity index (χ0v) is 20.3. The molecule has 0 amide bonds. The fourth-order valence-corrected chi connectivity index (χ4v) is 3.04. The molecule has 1 aromatic carbocycles. The van der Waals surface area contributed by atoms with Crippen LogP contribution in [0.25, 0.3) is 6.08 Å². The molecular weight excluding hydrogens is 547 g/mol. The van der Waals surface area contributed by atoms with Gasteiger partial charge in [-0.2, -0.15) is 13.2 Å². The highest BCUT2D eigenvalue weighted by Gasteiger charge is 2.50. The van der Waals surface area contributed by atoms with Crippen LogP contribution >= 0.6 is 0 Å². The number of carbonyl (C=O) groups is 2. The van der Waals surface area contributed by atoms with E-state index in [1.807, 2.05) is 0 Å². The Bertz CT molecular complexity index is 952. The van der Waals surface area contributed by atoms with E-state index < -0.39 is 64.5 Å². The number of halogens is 3. The molecule has 0 bridgehead atoms. The lowest BCUT2D eigenvalue weighted by molar-refractivity contribution is -0.670. The highest BCUT2D eigenvalue weighted by atomic mass is 19.4. The quantitative estimate of drug-likeness (QED) is 0.0720. The van der Waals surface area contributed by atoms with E-state index in [1.54, 1.807) is 0 Å². The number of esters is 1. The molecule has 1 fully saturated rings. The van der Waals surface area contributed by atoms with E-state index in [0.717, 1.165) is 6.92 Å². The number of alkyl halides is 3. The lowest BCUT2D eigenvalue weighted by atomic mass is 9.95. The fourth-order valence-electron chi connectivity index (χ4n) is 3.04. The average molecular weight is 578 g/mol. The minimum atomic E-state index is -5.21. The lowest BCUT2D eigenvalue weighted by Gasteiger charge is -2.31. The predicted octanol–water partition coefficient (Wildman–Crippen LogP) is -2.96. The molecule has 2 heterocycles. The number of rotatable bonds is 5. The van der Waals surface area contributed by atoms with Gasteiger partial charge in [-0.05, 0) is 51.1 Å². The van der Waals surface area contributed by atoms with Crippen LogP contribution in [0.5, 0.6) is 5.75 Å². The first-order valence-corrected chi connectivity index (χ1v) is 10.6. The zero-order chi connectivity index (χ0) is 30.6. The van der Waals surface area contributed by atoms with E-state index in [-0.39, 0.29) is 6.47 Å². The maximum atomic E-state index is 13.4. The van der Waals surface area contributed by atoms with Gasteiger partial charge >= 0.3 is 24.1 Å². The fraction of sp³-hybridized carbons (Fsp3) is 0.500. The number of carbonyl (C=O) groups excluding carboxylic acids is 1. The van der Waals surface area contributed by atoms with Crippen molar-refractivity contribution in [1.82, 2.24) is 5.32 Å². The van der Waals surface area contributed by atoms with Gasteiger partial charge in [0.25, 0.3) is 6.47 Å². The summed E-state index contributed by atoms with van der Waals surface area (Å²) in [6, 6.07) is 1.03. The van der Waals surface area contributed by atoms with E-state index in [1.165, 1.54) is 25.9 Å². The molecule has 0 spiro atoms. The number of hydrogen-bond donors (Lipinski definition) is 11. The molecule has 39 heavy (non-hydrogen) atoms. The first kappa shape index (κ1) is 36.0. The second-order valence-electron chi connectivity index (χ2n) is 7.52. The van der Waals surface area contributed by atoms with Crippen LogP contribution in [0.1, 0.15) is 36.5 Å². The van der Waals surface area contributed by atoms with E-state index in [0.29, 0.717) is 18.2 Å². The minimum absolute atomic E-state index is 0.250.